The molecule has 0 unspecified atom stereocenters. The van der Waals surface area contributed by atoms with Crippen LogP contribution in [0.15, 0.2) is 9.59 Å². The smallest absolute Gasteiger partial charge is 0.347 e. The van der Waals surface area contributed by atoms with Gasteiger partial charge < -0.3 is 4.74 Å². The molecular formula is C10H14N8O4. The van der Waals surface area contributed by atoms with E-state index >= 15 is 0 Å². The molecule has 0 aliphatic heterocycles. The molecule has 12 heteroatoms. The molecule has 2 aromatic heterocycles. The number of methoxy groups -OCH3 is 1. The number of carbonyl (C=O) groups is 1. The normalized spacial score (nSPS) is 10.7. The van der Waals surface area contributed by atoms with Gasteiger partial charge in [-0.3, -0.25) is 19.5 Å². The Labute approximate surface area is 123 Å². The van der Waals surface area contributed by atoms with Crippen LogP contribution in [0, 0.1) is 0 Å². The maximum absolute atomic E-state index is 12.2. The molecule has 2 heterocycles. The van der Waals surface area contributed by atoms with Crippen molar-refractivity contribution in [1.29, 1.82) is 0 Å². The molecule has 1 amide bonds. The van der Waals surface area contributed by atoms with Crippen LogP contribution >= 0.6 is 0 Å². The van der Waals surface area contributed by atoms with Crippen molar-refractivity contribution in [3.05, 3.63) is 26.5 Å². The predicted molar refractivity (Wildman–Crippen MR) is 72.4 cm³/mol. The maximum atomic E-state index is 12.2. The zero-order chi connectivity index (χ0) is 16.3. The molecule has 0 saturated carbocycles. The molecule has 22 heavy (non-hydrogen) atoms. The highest BCUT2D eigenvalue weighted by atomic mass is 16.5. The van der Waals surface area contributed by atoms with Gasteiger partial charge in [0.05, 0.1) is 13.2 Å². The standard InChI is InChI=1S/C10H14N8O4/c1-16-9(12-14-15-16)11-7(19)6-8(20)18(4-5-22-3)10(21)17(2)13-6/h4-5H2,1-3H3,(H,11,12,15,19). The van der Waals surface area contributed by atoms with Gasteiger partial charge in [-0.2, -0.15) is 5.10 Å². The lowest BCUT2D eigenvalue weighted by Crippen LogP contribution is -2.45. The number of anilines is 1. The molecule has 0 bridgehead atoms. The van der Waals surface area contributed by atoms with Crippen LogP contribution in [0.4, 0.5) is 5.95 Å². The van der Waals surface area contributed by atoms with Crippen molar-refractivity contribution in [2.75, 3.05) is 19.0 Å². The fourth-order valence-electron chi connectivity index (χ4n) is 1.64. The predicted octanol–water partition coefficient (Wildman–Crippen LogP) is -2.64. The van der Waals surface area contributed by atoms with E-state index in [1.54, 1.807) is 0 Å². The van der Waals surface area contributed by atoms with Crippen molar-refractivity contribution in [1.82, 2.24) is 34.6 Å². The topological polar surface area (TPSA) is 139 Å². The molecular weight excluding hydrogens is 296 g/mol. The van der Waals surface area contributed by atoms with Crippen molar-refractivity contribution in [2.24, 2.45) is 14.1 Å². The summed E-state index contributed by atoms with van der Waals surface area (Å²) < 4.78 is 7.83. The van der Waals surface area contributed by atoms with E-state index in [4.69, 9.17) is 4.74 Å². The number of nitrogens with one attached hydrogen (secondary N) is 1. The van der Waals surface area contributed by atoms with Crippen LogP contribution in [0.5, 0.6) is 0 Å². The van der Waals surface area contributed by atoms with E-state index < -0.39 is 22.9 Å². The van der Waals surface area contributed by atoms with Crippen LogP contribution in [0.25, 0.3) is 0 Å². The summed E-state index contributed by atoms with van der Waals surface area (Å²) in [7, 11) is 4.29. The molecule has 0 radical (unpaired) electrons. The second-order valence-corrected chi connectivity index (χ2v) is 4.28. The van der Waals surface area contributed by atoms with E-state index in [9.17, 15) is 14.4 Å². The first-order chi connectivity index (χ1) is 10.5. The Balaban J connectivity index is 2.40. The van der Waals surface area contributed by atoms with E-state index in [1.807, 2.05) is 0 Å². The van der Waals surface area contributed by atoms with E-state index in [2.05, 4.69) is 25.9 Å². The van der Waals surface area contributed by atoms with Crippen molar-refractivity contribution >= 4 is 11.9 Å². The third-order valence-corrected chi connectivity index (χ3v) is 2.79. The van der Waals surface area contributed by atoms with Crippen molar-refractivity contribution in [3.63, 3.8) is 0 Å². The average Bonchev–Trinajstić information content (AvgIpc) is 2.88. The molecule has 2 aromatic rings. The van der Waals surface area contributed by atoms with Gasteiger partial charge in [-0.15, -0.1) is 0 Å². The number of ether oxygens (including phenoxy) is 1. The Kier molecular flexibility index (Phi) is 4.41. The molecule has 0 spiro atoms. The minimum Gasteiger partial charge on any atom is -0.383 e. The van der Waals surface area contributed by atoms with Gasteiger partial charge in [0.2, 0.25) is 11.6 Å². The number of hydrogen-bond donors (Lipinski definition) is 1. The van der Waals surface area contributed by atoms with Crippen molar-refractivity contribution in [3.8, 4) is 0 Å². The summed E-state index contributed by atoms with van der Waals surface area (Å²) in [5.74, 6) is -0.770. The fraction of sp³-hybridized carbons (Fsp3) is 0.500. The lowest BCUT2D eigenvalue weighted by atomic mass is 10.4. The second-order valence-electron chi connectivity index (χ2n) is 4.28. The minimum atomic E-state index is -0.815. The Hall–Kier alpha value is -2.89. The van der Waals surface area contributed by atoms with Crippen LogP contribution < -0.4 is 16.6 Å². The number of hydrogen-bond acceptors (Lipinski definition) is 8. The summed E-state index contributed by atoms with van der Waals surface area (Å²) in [5, 5.41) is 16.5. The SMILES string of the molecule is COCCn1c(=O)c(C(=O)Nc2nnnn2C)nn(C)c1=O. The summed E-state index contributed by atoms with van der Waals surface area (Å²) in [5.41, 5.74) is -1.90. The second kappa shape index (κ2) is 6.26. The van der Waals surface area contributed by atoms with Gasteiger partial charge in [0, 0.05) is 21.2 Å². The molecule has 1 N–H and O–H groups in total. The van der Waals surface area contributed by atoms with Gasteiger partial charge >= 0.3 is 5.69 Å². The van der Waals surface area contributed by atoms with Gasteiger partial charge in [0.15, 0.2) is 0 Å². The van der Waals surface area contributed by atoms with Gasteiger partial charge in [0.1, 0.15) is 0 Å². The van der Waals surface area contributed by atoms with Crippen molar-refractivity contribution < 1.29 is 9.53 Å². The molecule has 0 atom stereocenters. The average molecular weight is 310 g/mol. The molecule has 0 fully saturated rings. The van der Waals surface area contributed by atoms with Crippen molar-refractivity contribution in [2.45, 2.75) is 6.54 Å². The Morgan fingerprint density at radius 2 is 2.00 bits per heavy atom. The van der Waals surface area contributed by atoms with E-state index in [0.717, 1.165) is 9.25 Å². The number of rotatable bonds is 5. The number of amides is 1. The van der Waals surface area contributed by atoms with Crippen LogP contribution in [0.2, 0.25) is 0 Å². The van der Waals surface area contributed by atoms with Crippen LogP contribution in [-0.2, 0) is 25.4 Å². The zero-order valence-electron chi connectivity index (χ0n) is 12.2. The number of nitrogens with zero attached hydrogens (tertiary/aromatic N) is 7. The summed E-state index contributed by atoms with van der Waals surface area (Å²) in [4.78, 5) is 36.2. The summed E-state index contributed by atoms with van der Waals surface area (Å²) in [6.45, 7) is 0.156. The Bertz CT molecular complexity index is 804. The van der Waals surface area contributed by atoms with Crippen LogP contribution in [0.1, 0.15) is 10.5 Å². The van der Waals surface area contributed by atoms with E-state index in [1.165, 1.54) is 25.9 Å². The number of aryl methyl sites for hydroxylation is 2. The Morgan fingerprint density at radius 1 is 1.27 bits per heavy atom. The monoisotopic (exact) mass is 310 g/mol. The molecule has 0 aliphatic carbocycles. The van der Waals surface area contributed by atoms with Gasteiger partial charge in [-0.25, -0.2) is 14.2 Å². The fourth-order valence-corrected chi connectivity index (χ4v) is 1.64. The first kappa shape index (κ1) is 15.5. The lowest BCUT2D eigenvalue weighted by molar-refractivity contribution is 0.101. The molecule has 12 nitrogen and oxygen atoms in total. The van der Waals surface area contributed by atoms with Crippen LogP contribution in [-0.4, -0.2) is 54.2 Å². The highest BCUT2D eigenvalue weighted by Gasteiger charge is 2.20. The first-order valence-electron chi connectivity index (χ1n) is 6.16. The first-order valence-corrected chi connectivity index (χ1v) is 6.16. The van der Waals surface area contributed by atoms with Gasteiger partial charge in [-0.05, 0) is 10.4 Å². The lowest BCUT2D eigenvalue weighted by Gasteiger charge is -2.08. The highest BCUT2D eigenvalue weighted by Crippen LogP contribution is 1.97. The molecule has 118 valence electrons. The van der Waals surface area contributed by atoms with E-state index in [-0.39, 0.29) is 19.1 Å². The number of carbonyl (C=O) groups excluding carboxylic acids is 1. The summed E-state index contributed by atoms with van der Waals surface area (Å²) in [6, 6.07) is 0. The number of aromatic nitrogens is 7. The number of tetrazole rings is 1. The molecule has 0 saturated heterocycles. The third-order valence-electron chi connectivity index (χ3n) is 2.79. The maximum Gasteiger partial charge on any atom is 0.347 e. The minimum absolute atomic E-state index is 0.0102. The Morgan fingerprint density at radius 3 is 2.59 bits per heavy atom. The quantitative estimate of drug-likeness (QED) is 0.632. The highest BCUT2D eigenvalue weighted by molar-refractivity contribution is 6.01. The van der Waals surface area contributed by atoms with Crippen LogP contribution in [0.3, 0.4) is 0 Å². The zero-order valence-corrected chi connectivity index (χ0v) is 12.2. The van der Waals surface area contributed by atoms with Gasteiger partial charge in [-0.1, -0.05) is 5.10 Å². The third kappa shape index (κ3) is 2.90. The largest absolute Gasteiger partial charge is 0.383 e. The van der Waals surface area contributed by atoms with E-state index in [0.29, 0.717) is 0 Å². The van der Waals surface area contributed by atoms with Gasteiger partial charge in [0.25, 0.3) is 11.5 Å². The molecule has 0 aliphatic rings. The summed E-state index contributed by atoms with van der Waals surface area (Å²) in [6.07, 6.45) is 0. The molecule has 0 aromatic carbocycles. The summed E-state index contributed by atoms with van der Waals surface area (Å²) >= 11 is 0. The molecule has 2 rings (SSSR count).